The number of carboxylic acid groups (broad SMARTS) is 1. The molecule has 2 rings (SSSR count). The molecule has 2 aromatic rings. The van der Waals surface area contributed by atoms with Crippen LogP contribution in [0.1, 0.15) is 37.6 Å². The fraction of sp³-hybridized carbons (Fsp3) is 0.350. The number of anilines is 1. The summed E-state index contributed by atoms with van der Waals surface area (Å²) in [7, 11) is 0. The SMILES string of the molecule is CC(C)(C)OC(=O)NCC[C@H](NC(=O)c1cc2ccccc2cc1N)C(=O)O. The van der Waals surface area contributed by atoms with Crippen LogP contribution in [-0.2, 0) is 9.53 Å². The minimum absolute atomic E-state index is 0.00615. The molecule has 0 fully saturated rings. The van der Waals surface area contributed by atoms with Gasteiger partial charge in [-0.15, -0.1) is 0 Å². The van der Waals surface area contributed by atoms with E-state index in [-0.39, 0.29) is 24.2 Å². The summed E-state index contributed by atoms with van der Waals surface area (Å²) in [6, 6.07) is 9.51. The van der Waals surface area contributed by atoms with E-state index in [4.69, 9.17) is 10.5 Å². The summed E-state index contributed by atoms with van der Waals surface area (Å²) in [6.07, 6.45) is -0.657. The molecule has 0 spiro atoms. The number of fused-ring (bicyclic) bond motifs is 1. The molecule has 2 aromatic carbocycles. The van der Waals surface area contributed by atoms with E-state index in [9.17, 15) is 19.5 Å². The molecular formula is C20H25N3O5. The Balaban J connectivity index is 2.02. The molecule has 0 bridgehead atoms. The van der Waals surface area contributed by atoms with E-state index in [1.807, 2.05) is 24.3 Å². The zero-order valence-corrected chi connectivity index (χ0v) is 16.1. The van der Waals surface area contributed by atoms with E-state index in [1.165, 1.54) is 0 Å². The molecule has 0 aliphatic rings. The second-order valence-electron chi connectivity index (χ2n) is 7.37. The van der Waals surface area contributed by atoms with Crippen LogP contribution in [-0.4, -0.2) is 41.3 Å². The van der Waals surface area contributed by atoms with Crippen molar-refractivity contribution in [2.75, 3.05) is 12.3 Å². The maximum absolute atomic E-state index is 12.5. The van der Waals surface area contributed by atoms with E-state index >= 15 is 0 Å². The summed E-state index contributed by atoms with van der Waals surface area (Å²) in [4.78, 5) is 35.7. The highest BCUT2D eigenvalue weighted by molar-refractivity contribution is 6.05. The van der Waals surface area contributed by atoms with Gasteiger partial charge >= 0.3 is 12.1 Å². The summed E-state index contributed by atoms with van der Waals surface area (Å²) in [5.41, 5.74) is 5.76. The lowest BCUT2D eigenvalue weighted by atomic mass is 10.0. The minimum Gasteiger partial charge on any atom is -0.480 e. The molecule has 0 aromatic heterocycles. The van der Waals surface area contributed by atoms with Gasteiger partial charge in [-0.25, -0.2) is 9.59 Å². The largest absolute Gasteiger partial charge is 0.480 e. The highest BCUT2D eigenvalue weighted by Gasteiger charge is 2.23. The third kappa shape index (κ3) is 5.87. The first kappa shape index (κ1) is 21.0. The average Bonchev–Trinajstić information content (AvgIpc) is 2.58. The van der Waals surface area contributed by atoms with Gasteiger partial charge in [0.05, 0.1) is 5.56 Å². The van der Waals surface area contributed by atoms with E-state index in [0.29, 0.717) is 0 Å². The average molecular weight is 387 g/mol. The zero-order chi connectivity index (χ0) is 20.9. The topological polar surface area (TPSA) is 131 Å². The highest BCUT2D eigenvalue weighted by atomic mass is 16.6. The van der Waals surface area contributed by atoms with E-state index in [2.05, 4.69) is 10.6 Å². The lowest BCUT2D eigenvalue weighted by molar-refractivity contribution is -0.139. The predicted molar refractivity (Wildman–Crippen MR) is 106 cm³/mol. The molecule has 0 saturated heterocycles. The number of amides is 2. The number of aliphatic carboxylic acids is 1. The summed E-state index contributed by atoms with van der Waals surface area (Å²) in [6.45, 7) is 5.20. The number of benzene rings is 2. The summed E-state index contributed by atoms with van der Waals surface area (Å²) in [5, 5.41) is 16.0. The zero-order valence-electron chi connectivity index (χ0n) is 16.1. The first-order valence-corrected chi connectivity index (χ1v) is 8.85. The molecule has 150 valence electrons. The second kappa shape index (κ2) is 8.60. The van der Waals surface area contributed by atoms with E-state index in [1.54, 1.807) is 32.9 Å². The van der Waals surface area contributed by atoms with Crippen molar-refractivity contribution in [3.8, 4) is 0 Å². The number of carbonyl (C=O) groups excluding carboxylic acids is 2. The molecule has 0 aliphatic heterocycles. The Hall–Kier alpha value is -3.29. The van der Waals surface area contributed by atoms with Crippen LogP contribution >= 0.6 is 0 Å². The van der Waals surface area contributed by atoms with Gasteiger partial charge in [0.2, 0.25) is 0 Å². The number of carboxylic acids is 1. The number of nitrogens with two attached hydrogens (primary N) is 1. The molecule has 2 amide bonds. The standard InChI is InChI=1S/C20H25N3O5/c1-20(2,3)28-19(27)22-9-8-16(18(25)26)23-17(24)14-10-12-6-4-5-7-13(12)11-15(14)21/h4-7,10-11,16H,8-9,21H2,1-3H3,(H,22,27)(H,23,24)(H,25,26)/t16-/m0/s1. The second-order valence-corrected chi connectivity index (χ2v) is 7.37. The number of rotatable bonds is 6. The molecule has 8 heteroatoms. The van der Waals surface area contributed by atoms with Gasteiger partial charge in [-0.2, -0.15) is 0 Å². The van der Waals surface area contributed by atoms with Crippen molar-refractivity contribution < 1.29 is 24.2 Å². The van der Waals surface area contributed by atoms with Gasteiger partial charge in [0, 0.05) is 12.2 Å². The van der Waals surface area contributed by atoms with Crippen molar-refractivity contribution >= 4 is 34.4 Å². The summed E-state index contributed by atoms with van der Waals surface area (Å²) in [5.74, 6) is -1.80. The van der Waals surface area contributed by atoms with Gasteiger partial charge in [-0.1, -0.05) is 24.3 Å². The molecule has 0 unspecified atom stereocenters. The third-order valence-electron chi connectivity index (χ3n) is 3.87. The summed E-state index contributed by atoms with van der Waals surface area (Å²) < 4.78 is 5.09. The number of alkyl carbamates (subject to hydrolysis) is 1. The van der Waals surface area contributed by atoms with Crippen molar-refractivity contribution in [2.45, 2.75) is 38.8 Å². The van der Waals surface area contributed by atoms with E-state index in [0.717, 1.165) is 10.8 Å². The van der Waals surface area contributed by atoms with Crippen molar-refractivity contribution in [3.05, 3.63) is 42.0 Å². The van der Waals surface area contributed by atoms with Gasteiger partial charge in [0.1, 0.15) is 11.6 Å². The van der Waals surface area contributed by atoms with Gasteiger partial charge < -0.3 is 26.2 Å². The first-order chi connectivity index (χ1) is 13.1. The first-order valence-electron chi connectivity index (χ1n) is 8.85. The Kier molecular flexibility index (Phi) is 6.45. The van der Waals surface area contributed by atoms with Crippen LogP contribution in [0.4, 0.5) is 10.5 Å². The van der Waals surface area contributed by atoms with Crippen LogP contribution in [0.5, 0.6) is 0 Å². The third-order valence-corrected chi connectivity index (χ3v) is 3.87. The molecule has 0 aliphatic carbocycles. The van der Waals surface area contributed by atoms with Crippen molar-refractivity contribution in [1.29, 1.82) is 0 Å². The van der Waals surface area contributed by atoms with Gasteiger partial charge in [-0.3, -0.25) is 4.79 Å². The maximum atomic E-state index is 12.5. The minimum atomic E-state index is -1.21. The van der Waals surface area contributed by atoms with Crippen molar-refractivity contribution in [3.63, 3.8) is 0 Å². The number of hydrogen-bond donors (Lipinski definition) is 4. The Labute approximate surface area is 163 Å². The number of nitrogen functional groups attached to an aromatic ring is 1. The number of ether oxygens (including phenoxy) is 1. The molecular weight excluding hydrogens is 362 g/mol. The Morgan fingerprint density at radius 2 is 1.75 bits per heavy atom. The Morgan fingerprint density at radius 1 is 1.14 bits per heavy atom. The molecule has 0 heterocycles. The van der Waals surface area contributed by atoms with Gasteiger partial charge in [0.25, 0.3) is 5.91 Å². The van der Waals surface area contributed by atoms with Crippen LogP contribution in [0.2, 0.25) is 0 Å². The monoisotopic (exact) mass is 387 g/mol. The van der Waals surface area contributed by atoms with Gasteiger partial charge in [-0.05, 0) is 50.1 Å². The van der Waals surface area contributed by atoms with Crippen LogP contribution in [0.15, 0.2) is 36.4 Å². The fourth-order valence-electron chi connectivity index (χ4n) is 2.58. The maximum Gasteiger partial charge on any atom is 0.407 e. The Morgan fingerprint density at radius 3 is 2.32 bits per heavy atom. The van der Waals surface area contributed by atoms with Crippen LogP contribution < -0.4 is 16.4 Å². The number of hydrogen-bond acceptors (Lipinski definition) is 5. The normalized spacial score (nSPS) is 12.2. The van der Waals surface area contributed by atoms with Crippen LogP contribution in [0, 0.1) is 0 Å². The van der Waals surface area contributed by atoms with E-state index < -0.39 is 29.6 Å². The number of carbonyl (C=O) groups is 3. The van der Waals surface area contributed by atoms with Crippen LogP contribution in [0.25, 0.3) is 10.8 Å². The predicted octanol–water partition coefficient (Wildman–Crippen LogP) is 2.52. The highest BCUT2D eigenvalue weighted by Crippen LogP contribution is 2.22. The molecule has 0 radical (unpaired) electrons. The molecule has 1 atom stereocenters. The summed E-state index contributed by atoms with van der Waals surface area (Å²) >= 11 is 0. The fourth-order valence-corrected chi connectivity index (χ4v) is 2.58. The van der Waals surface area contributed by atoms with Crippen molar-refractivity contribution in [1.82, 2.24) is 10.6 Å². The Bertz CT molecular complexity index is 889. The lowest BCUT2D eigenvalue weighted by Crippen LogP contribution is -2.43. The van der Waals surface area contributed by atoms with Gasteiger partial charge in [0.15, 0.2) is 0 Å². The number of nitrogens with one attached hydrogen (secondary N) is 2. The van der Waals surface area contributed by atoms with Crippen molar-refractivity contribution in [2.24, 2.45) is 0 Å². The smallest absolute Gasteiger partial charge is 0.407 e. The molecule has 5 N–H and O–H groups in total. The molecule has 28 heavy (non-hydrogen) atoms. The molecule has 8 nitrogen and oxygen atoms in total. The molecule has 0 saturated carbocycles. The van der Waals surface area contributed by atoms with Crippen LogP contribution in [0.3, 0.4) is 0 Å². The lowest BCUT2D eigenvalue weighted by Gasteiger charge is -2.20. The quantitative estimate of drug-likeness (QED) is 0.563.